The molecule has 2 atom stereocenters. The number of aryl methyl sites for hydroxylation is 1. The van der Waals surface area contributed by atoms with E-state index in [1.165, 1.54) is 55.6 Å². The quantitative estimate of drug-likeness (QED) is 0.778. The normalized spacial score (nSPS) is 25.1. The fraction of sp³-hybridized carbons (Fsp3) is 0.667. The lowest BCUT2D eigenvalue weighted by molar-refractivity contribution is 0.0212. The highest BCUT2D eigenvalue weighted by Gasteiger charge is 2.34. The summed E-state index contributed by atoms with van der Waals surface area (Å²) in [6.07, 6.45) is 5.52. The minimum atomic E-state index is 0.316. The Morgan fingerprint density at radius 3 is 2.66 bits per heavy atom. The molecule has 160 valence electrons. The molecule has 5 nitrogen and oxygen atoms in total. The van der Waals surface area contributed by atoms with Crippen molar-refractivity contribution in [2.75, 3.05) is 52.9 Å². The van der Waals surface area contributed by atoms with Gasteiger partial charge in [0, 0.05) is 70.2 Å². The van der Waals surface area contributed by atoms with Crippen molar-refractivity contribution in [3.05, 3.63) is 36.0 Å². The Balaban J connectivity index is 1.43. The van der Waals surface area contributed by atoms with Crippen molar-refractivity contribution in [1.82, 2.24) is 19.3 Å². The summed E-state index contributed by atoms with van der Waals surface area (Å²) in [5, 5.41) is 10.8. The van der Waals surface area contributed by atoms with E-state index >= 15 is 0 Å². The second-order valence-electron chi connectivity index (χ2n) is 9.05. The average Bonchev–Trinajstić information content (AvgIpc) is 3.15. The van der Waals surface area contributed by atoms with Gasteiger partial charge in [0.15, 0.2) is 0 Å². The van der Waals surface area contributed by atoms with E-state index in [0.29, 0.717) is 18.6 Å². The third-order valence-corrected chi connectivity index (χ3v) is 7.10. The summed E-state index contributed by atoms with van der Waals surface area (Å²) in [4.78, 5) is 7.82. The van der Waals surface area contributed by atoms with E-state index in [-0.39, 0.29) is 0 Å². The molecule has 1 N–H and O–H groups in total. The first kappa shape index (κ1) is 20.9. The number of piperidine rings is 1. The zero-order valence-electron chi connectivity index (χ0n) is 18.3. The first-order valence-corrected chi connectivity index (χ1v) is 11.5. The molecule has 0 spiro atoms. The monoisotopic (exact) mass is 398 g/mol. The van der Waals surface area contributed by atoms with Crippen molar-refractivity contribution < 1.29 is 5.11 Å². The van der Waals surface area contributed by atoms with Crippen LogP contribution in [0.4, 0.5) is 0 Å². The molecule has 0 radical (unpaired) electrons. The van der Waals surface area contributed by atoms with Gasteiger partial charge in [-0.15, -0.1) is 0 Å². The Kier molecular flexibility index (Phi) is 6.91. The number of aliphatic hydroxyl groups is 1. The molecule has 0 bridgehead atoms. The van der Waals surface area contributed by atoms with E-state index < -0.39 is 0 Å². The van der Waals surface area contributed by atoms with Gasteiger partial charge in [-0.25, -0.2) is 0 Å². The maximum absolute atomic E-state index is 9.42. The van der Waals surface area contributed by atoms with Crippen LogP contribution in [0.2, 0.25) is 0 Å². The fourth-order valence-corrected chi connectivity index (χ4v) is 5.37. The van der Waals surface area contributed by atoms with Crippen molar-refractivity contribution in [2.24, 2.45) is 5.92 Å². The highest BCUT2D eigenvalue weighted by molar-refractivity contribution is 5.80. The SMILES string of the molecule is CCn1ccc2ccc(CN3CC[C@H](N4CCN(C)CC4)[C@H](CCCO)C3)cc21. The molecule has 2 aliphatic rings. The third-order valence-electron chi connectivity index (χ3n) is 7.10. The van der Waals surface area contributed by atoms with Gasteiger partial charge in [0.2, 0.25) is 0 Å². The Morgan fingerprint density at radius 1 is 1.07 bits per heavy atom. The molecule has 0 amide bonds. The molecule has 0 unspecified atom stereocenters. The van der Waals surface area contributed by atoms with Crippen LogP contribution in [0.3, 0.4) is 0 Å². The van der Waals surface area contributed by atoms with Crippen molar-refractivity contribution >= 4 is 10.9 Å². The van der Waals surface area contributed by atoms with Gasteiger partial charge in [-0.2, -0.15) is 0 Å². The van der Waals surface area contributed by atoms with Crippen LogP contribution >= 0.6 is 0 Å². The van der Waals surface area contributed by atoms with Gasteiger partial charge < -0.3 is 14.6 Å². The lowest BCUT2D eigenvalue weighted by Crippen LogP contribution is -2.56. The average molecular weight is 399 g/mol. The minimum absolute atomic E-state index is 0.316. The molecule has 2 aliphatic heterocycles. The molecule has 2 saturated heterocycles. The summed E-state index contributed by atoms with van der Waals surface area (Å²) in [5.41, 5.74) is 2.78. The molecular weight excluding hydrogens is 360 g/mol. The van der Waals surface area contributed by atoms with Gasteiger partial charge in [0.05, 0.1) is 0 Å². The summed E-state index contributed by atoms with van der Waals surface area (Å²) in [6, 6.07) is 9.86. The number of hydrogen-bond donors (Lipinski definition) is 1. The number of aromatic nitrogens is 1. The Labute approximate surface area is 175 Å². The molecule has 5 heteroatoms. The number of aliphatic hydroxyl groups excluding tert-OH is 1. The van der Waals surface area contributed by atoms with E-state index in [0.717, 1.165) is 32.5 Å². The highest BCUT2D eigenvalue weighted by Crippen LogP contribution is 2.28. The van der Waals surface area contributed by atoms with E-state index in [1.54, 1.807) is 0 Å². The van der Waals surface area contributed by atoms with Crippen molar-refractivity contribution in [3.8, 4) is 0 Å². The van der Waals surface area contributed by atoms with Gasteiger partial charge in [0.1, 0.15) is 0 Å². The van der Waals surface area contributed by atoms with Crippen LogP contribution in [0.5, 0.6) is 0 Å². The van der Waals surface area contributed by atoms with E-state index in [9.17, 15) is 5.11 Å². The van der Waals surface area contributed by atoms with Crippen molar-refractivity contribution in [1.29, 1.82) is 0 Å². The second kappa shape index (κ2) is 9.61. The first-order valence-electron chi connectivity index (χ1n) is 11.5. The molecule has 29 heavy (non-hydrogen) atoms. The number of piperazine rings is 1. The zero-order valence-corrected chi connectivity index (χ0v) is 18.3. The standard InChI is InChI=1S/C24H38N4O/c1-3-27-11-8-21-7-6-20(17-24(21)27)18-26-10-9-23(22(19-26)5-4-16-29)28-14-12-25(2)13-15-28/h6-8,11,17,22-23,29H,3-5,9-10,12-16,18-19H2,1-2H3/t22-,23+/m1/s1. The lowest BCUT2D eigenvalue weighted by atomic mass is 9.86. The van der Waals surface area contributed by atoms with E-state index in [2.05, 4.69) is 63.7 Å². The molecular formula is C24H38N4O. The molecule has 2 aromatic rings. The third kappa shape index (κ3) is 4.85. The Morgan fingerprint density at radius 2 is 1.90 bits per heavy atom. The Hall–Kier alpha value is -1.40. The molecule has 2 fully saturated rings. The predicted molar refractivity (Wildman–Crippen MR) is 120 cm³/mol. The van der Waals surface area contributed by atoms with Gasteiger partial charge in [-0.3, -0.25) is 9.80 Å². The molecule has 4 rings (SSSR count). The minimum Gasteiger partial charge on any atom is -0.396 e. The second-order valence-corrected chi connectivity index (χ2v) is 9.05. The topological polar surface area (TPSA) is 34.9 Å². The summed E-state index contributed by atoms with van der Waals surface area (Å²) in [7, 11) is 2.23. The largest absolute Gasteiger partial charge is 0.396 e. The van der Waals surface area contributed by atoms with Crippen molar-refractivity contribution in [2.45, 2.75) is 45.3 Å². The van der Waals surface area contributed by atoms with Crippen LogP contribution in [0.25, 0.3) is 10.9 Å². The number of fused-ring (bicyclic) bond motifs is 1. The number of nitrogens with zero attached hydrogens (tertiary/aromatic N) is 4. The van der Waals surface area contributed by atoms with Gasteiger partial charge in [-0.05, 0) is 68.8 Å². The predicted octanol–water partition coefficient (Wildman–Crippen LogP) is 2.87. The fourth-order valence-electron chi connectivity index (χ4n) is 5.37. The number of rotatable bonds is 7. The number of hydrogen-bond acceptors (Lipinski definition) is 4. The number of likely N-dealkylation sites (tertiary alicyclic amines) is 1. The molecule has 1 aromatic heterocycles. The number of benzene rings is 1. The number of likely N-dealkylation sites (N-methyl/N-ethyl adjacent to an activating group) is 1. The summed E-state index contributed by atoms with van der Waals surface area (Å²) < 4.78 is 2.34. The first-order chi connectivity index (χ1) is 14.2. The molecule has 0 saturated carbocycles. The van der Waals surface area contributed by atoms with Crippen LogP contribution in [-0.4, -0.2) is 83.3 Å². The summed E-state index contributed by atoms with van der Waals surface area (Å²) in [6.45, 7) is 11.7. The summed E-state index contributed by atoms with van der Waals surface area (Å²) in [5.74, 6) is 0.669. The van der Waals surface area contributed by atoms with Crippen LogP contribution in [0.1, 0.15) is 31.7 Å². The lowest BCUT2D eigenvalue weighted by Gasteiger charge is -2.46. The zero-order chi connectivity index (χ0) is 20.2. The van der Waals surface area contributed by atoms with Gasteiger partial charge >= 0.3 is 0 Å². The summed E-state index contributed by atoms with van der Waals surface area (Å²) >= 11 is 0. The van der Waals surface area contributed by atoms with E-state index in [4.69, 9.17) is 0 Å². The maximum Gasteiger partial charge on any atom is 0.0483 e. The Bertz CT molecular complexity index is 780. The molecule has 0 aliphatic carbocycles. The maximum atomic E-state index is 9.42. The molecule has 3 heterocycles. The van der Waals surface area contributed by atoms with Crippen LogP contribution < -0.4 is 0 Å². The smallest absolute Gasteiger partial charge is 0.0483 e. The van der Waals surface area contributed by atoms with Crippen LogP contribution in [0, 0.1) is 5.92 Å². The van der Waals surface area contributed by atoms with Crippen LogP contribution in [0.15, 0.2) is 30.5 Å². The highest BCUT2D eigenvalue weighted by atomic mass is 16.2. The van der Waals surface area contributed by atoms with Crippen molar-refractivity contribution in [3.63, 3.8) is 0 Å². The molecule has 1 aromatic carbocycles. The van der Waals surface area contributed by atoms with Gasteiger partial charge in [-0.1, -0.05) is 12.1 Å². The van der Waals surface area contributed by atoms with E-state index in [1.807, 2.05) is 0 Å². The van der Waals surface area contributed by atoms with Crippen LogP contribution in [-0.2, 0) is 13.1 Å². The van der Waals surface area contributed by atoms with Gasteiger partial charge in [0.25, 0.3) is 0 Å².